The molecule has 0 spiro atoms. The van der Waals surface area contributed by atoms with Gasteiger partial charge in [0, 0.05) is 17.0 Å². The van der Waals surface area contributed by atoms with Gasteiger partial charge in [0.25, 0.3) is 0 Å². The van der Waals surface area contributed by atoms with Crippen LogP contribution in [0.15, 0.2) is 48.5 Å². The van der Waals surface area contributed by atoms with Crippen LogP contribution in [0.3, 0.4) is 0 Å². The Morgan fingerprint density at radius 3 is 1.67 bits per heavy atom. The molecule has 0 fully saturated rings. The van der Waals surface area contributed by atoms with Gasteiger partial charge in [-0.3, -0.25) is 9.59 Å². The highest BCUT2D eigenvalue weighted by molar-refractivity contribution is 9.10. The topological polar surface area (TPSA) is 43.4 Å². The summed E-state index contributed by atoms with van der Waals surface area (Å²) in [6.07, 6.45) is 0. The van der Waals surface area contributed by atoms with Crippen LogP contribution in [0, 0.1) is 5.92 Å². The summed E-state index contributed by atoms with van der Waals surface area (Å²) in [4.78, 5) is 24.1. The fourth-order valence-corrected chi connectivity index (χ4v) is 2.40. The molecular formula is C20H21BrO3. The highest BCUT2D eigenvalue weighted by Crippen LogP contribution is 2.26. The van der Waals surface area contributed by atoms with Crippen molar-refractivity contribution in [2.75, 3.05) is 0 Å². The van der Waals surface area contributed by atoms with Crippen molar-refractivity contribution >= 4 is 27.5 Å². The van der Waals surface area contributed by atoms with Crippen molar-refractivity contribution < 1.29 is 14.3 Å². The van der Waals surface area contributed by atoms with Crippen LogP contribution < -0.4 is 4.74 Å². The van der Waals surface area contributed by atoms with Crippen LogP contribution in [-0.4, -0.2) is 15.9 Å². The van der Waals surface area contributed by atoms with Crippen molar-refractivity contribution in [3.05, 3.63) is 59.7 Å². The molecule has 2 rings (SSSR count). The van der Waals surface area contributed by atoms with E-state index >= 15 is 0 Å². The third kappa shape index (κ3) is 4.54. The molecule has 24 heavy (non-hydrogen) atoms. The average Bonchev–Trinajstić information content (AvgIpc) is 2.54. The van der Waals surface area contributed by atoms with E-state index in [1.807, 2.05) is 27.7 Å². The van der Waals surface area contributed by atoms with Gasteiger partial charge >= 0.3 is 0 Å². The number of carbonyl (C=O) groups is 2. The van der Waals surface area contributed by atoms with Gasteiger partial charge in [0.15, 0.2) is 11.6 Å². The minimum Gasteiger partial charge on any atom is -0.457 e. The summed E-state index contributed by atoms with van der Waals surface area (Å²) in [6.45, 7) is 7.40. The number of ether oxygens (including phenoxy) is 1. The molecule has 0 unspecified atom stereocenters. The first kappa shape index (κ1) is 18.4. The van der Waals surface area contributed by atoms with Crippen molar-refractivity contribution in [1.29, 1.82) is 0 Å². The number of hydrogen-bond donors (Lipinski definition) is 0. The second-order valence-electron chi connectivity index (χ2n) is 6.47. The highest BCUT2D eigenvalue weighted by atomic mass is 79.9. The molecule has 0 radical (unpaired) electrons. The number of hydrogen-bond acceptors (Lipinski definition) is 3. The van der Waals surface area contributed by atoms with E-state index in [9.17, 15) is 9.59 Å². The summed E-state index contributed by atoms with van der Waals surface area (Å²) in [5, 5.41) is 0. The molecule has 0 aliphatic heterocycles. The van der Waals surface area contributed by atoms with Gasteiger partial charge in [0.05, 0.1) is 4.32 Å². The number of rotatable bonds is 6. The molecule has 0 atom stereocenters. The minimum atomic E-state index is -0.589. The smallest absolute Gasteiger partial charge is 0.178 e. The predicted octanol–water partition coefficient (Wildman–Crippen LogP) is 5.67. The first-order valence-corrected chi connectivity index (χ1v) is 8.63. The Labute approximate surface area is 151 Å². The van der Waals surface area contributed by atoms with E-state index in [0.717, 1.165) is 0 Å². The number of alkyl halides is 1. The van der Waals surface area contributed by atoms with E-state index in [4.69, 9.17) is 4.74 Å². The normalized spacial score (nSPS) is 11.4. The molecule has 2 aromatic rings. The fraction of sp³-hybridized carbons (Fsp3) is 0.300. The maximum absolute atomic E-state index is 12.2. The molecule has 0 saturated carbocycles. The molecule has 0 aliphatic rings. The first-order valence-electron chi connectivity index (χ1n) is 7.84. The number of ketones is 2. The van der Waals surface area contributed by atoms with Gasteiger partial charge < -0.3 is 4.74 Å². The van der Waals surface area contributed by atoms with E-state index in [1.54, 1.807) is 48.5 Å². The summed E-state index contributed by atoms with van der Waals surface area (Å²) in [7, 11) is 0. The van der Waals surface area contributed by atoms with Crippen LogP contribution >= 0.6 is 15.9 Å². The SMILES string of the molecule is CC(C)C(=O)c1ccc(Oc2ccc(C(=O)C(C)(C)Br)cc2)cc1. The largest absolute Gasteiger partial charge is 0.457 e. The van der Waals surface area contributed by atoms with Gasteiger partial charge in [-0.25, -0.2) is 0 Å². The molecule has 0 amide bonds. The predicted molar refractivity (Wildman–Crippen MR) is 99.5 cm³/mol. The third-order valence-electron chi connectivity index (χ3n) is 3.56. The summed E-state index contributed by atoms with van der Waals surface area (Å²) < 4.78 is 5.17. The lowest BCUT2D eigenvalue weighted by molar-refractivity contribution is 0.0937. The van der Waals surface area contributed by atoms with Crippen molar-refractivity contribution in [1.82, 2.24) is 0 Å². The van der Waals surface area contributed by atoms with Gasteiger partial charge in [-0.2, -0.15) is 0 Å². The quantitative estimate of drug-likeness (QED) is 0.472. The molecule has 3 nitrogen and oxygen atoms in total. The van der Waals surface area contributed by atoms with E-state index in [0.29, 0.717) is 22.6 Å². The Hall–Kier alpha value is -1.94. The van der Waals surface area contributed by atoms with Gasteiger partial charge in [-0.05, 0) is 62.4 Å². The molecule has 0 saturated heterocycles. The standard InChI is InChI=1S/C20H21BrO3/c1-13(2)18(22)14-5-9-16(10-6-14)24-17-11-7-15(8-12-17)19(23)20(3,4)21/h5-13H,1-4H3. The number of benzene rings is 2. The molecule has 0 aromatic heterocycles. The Morgan fingerprint density at radius 2 is 1.29 bits per heavy atom. The second-order valence-corrected chi connectivity index (χ2v) is 8.45. The van der Waals surface area contributed by atoms with Crippen LogP contribution in [0.4, 0.5) is 0 Å². The summed E-state index contributed by atoms with van der Waals surface area (Å²) in [6, 6.07) is 14.1. The lowest BCUT2D eigenvalue weighted by Gasteiger charge is -2.14. The molecule has 4 heteroatoms. The zero-order valence-electron chi connectivity index (χ0n) is 14.3. The van der Waals surface area contributed by atoms with E-state index in [2.05, 4.69) is 15.9 Å². The van der Waals surface area contributed by atoms with Gasteiger partial charge in [-0.15, -0.1) is 0 Å². The van der Waals surface area contributed by atoms with Gasteiger partial charge in [-0.1, -0.05) is 29.8 Å². The molecule has 0 N–H and O–H groups in total. The monoisotopic (exact) mass is 388 g/mol. The van der Waals surface area contributed by atoms with Crippen LogP contribution in [0.25, 0.3) is 0 Å². The van der Waals surface area contributed by atoms with Crippen molar-refractivity contribution in [2.45, 2.75) is 32.0 Å². The van der Waals surface area contributed by atoms with Crippen LogP contribution in [-0.2, 0) is 0 Å². The van der Waals surface area contributed by atoms with Crippen molar-refractivity contribution in [3.8, 4) is 11.5 Å². The van der Waals surface area contributed by atoms with Gasteiger partial charge in [0.1, 0.15) is 11.5 Å². The molecule has 0 bridgehead atoms. The summed E-state index contributed by atoms with van der Waals surface area (Å²) in [5.74, 6) is 1.39. The molecule has 0 aliphatic carbocycles. The average molecular weight is 389 g/mol. The van der Waals surface area contributed by atoms with Gasteiger partial charge in [0.2, 0.25) is 0 Å². The lowest BCUT2D eigenvalue weighted by Crippen LogP contribution is -2.23. The summed E-state index contributed by atoms with van der Waals surface area (Å²) >= 11 is 3.37. The van der Waals surface area contributed by atoms with Crippen molar-refractivity contribution in [2.24, 2.45) is 5.92 Å². The zero-order valence-corrected chi connectivity index (χ0v) is 15.9. The Morgan fingerprint density at radius 1 is 0.875 bits per heavy atom. The van der Waals surface area contributed by atoms with E-state index in [1.165, 1.54) is 0 Å². The maximum Gasteiger partial charge on any atom is 0.178 e. The first-order chi connectivity index (χ1) is 11.2. The Kier molecular flexibility index (Phi) is 5.60. The number of carbonyl (C=O) groups excluding carboxylic acids is 2. The zero-order chi connectivity index (χ0) is 17.9. The lowest BCUT2D eigenvalue weighted by atomic mass is 10.0. The van der Waals surface area contributed by atoms with Crippen LogP contribution in [0.2, 0.25) is 0 Å². The second kappa shape index (κ2) is 7.31. The molecule has 2 aromatic carbocycles. The molecule has 0 heterocycles. The minimum absolute atomic E-state index is 0.0191. The summed E-state index contributed by atoms with van der Waals surface area (Å²) in [5.41, 5.74) is 1.31. The number of Topliss-reactive ketones (excluding diaryl/α,β-unsaturated/α-hetero) is 2. The van der Waals surface area contributed by atoms with Crippen LogP contribution in [0.5, 0.6) is 11.5 Å². The molecule has 126 valence electrons. The van der Waals surface area contributed by atoms with E-state index in [-0.39, 0.29) is 17.5 Å². The maximum atomic E-state index is 12.2. The third-order valence-corrected chi connectivity index (χ3v) is 3.92. The van der Waals surface area contributed by atoms with Crippen molar-refractivity contribution in [3.63, 3.8) is 0 Å². The highest BCUT2D eigenvalue weighted by Gasteiger charge is 2.24. The molecular weight excluding hydrogens is 368 g/mol. The Balaban J connectivity index is 2.09. The number of halogens is 1. The van der Waals surface area contributed by atoms with E-state index < -0.39 is 4.32 Å². The fourth-order valence-electron chi connectivity index (χ4n) is 2.17. The Bertz CT molecular complexity index is 723. The van der Waals surface area contributed by atoms with Crippen LogP contribution in [0.1, 0.15) is 48.4 Å².